The summed E-state index contributed by atoms with van der Waals surface area (Å²) >= 11 is 0. The number of benzene rings is 1. The van der Waals surface area contributed by atoms with E-state index in [1.807, 2.05) is 31.3 Å². The van der Waals surface area contributed by atoms with Crippen LogP contribution in [0.5, 0.6) is 0 Å². The van der Waals surface area contributed by atoms with Crippen molar-refractivity contribution in [2.24, 2.45) is 0 Å². The highest BCUT2D eigenvalue weighted by Crippen LogP contribution is 2.28. The molecule has 3 aromatic rings. The Morgan fingerprint density at radius 3 is 3.00 bits per heavy atom. The van der Waals surface area contributed by atoms with Crippen LogP contribution in [0.3, 0.4) is 0 Å². The number of nitrogens with one attached hydrogen (secondary N) is 1. The third-order valence-corrected chi connectivity index (χ3v) is 4.39. The van der Waals surface area contributed by atoms with Gasteiger partial charge >= 0.3 is 0 Å². The quantitative estimate of drug-likeness (QED) is 0.791. The first-order valence-electron chi connectivity index (χ1n) is 8.14. The molecule has 0 saturated carbocycles. The fourth-order valence-electron chi connectivity index (χ4n) is 3.05. The fraction of sp³-hybridized carbons (Fsp3) is 0.222. The Balaban J connectivity index is 1.54. The molecule has 25 heavy (non-hydrogen) atoms. The maximum Gasteiger partial charge on any atom is 0.227 e. The molecule has 0 fully saturated rings. The summed E-state index contributed by atoms with van der Waals surface area (Å²) in [5.41, 5.74) is 4.27. The average molecular weight is 334 g/mol. The summed E-state index contributed by atoms with van der Waals surface area (Å²) in [4.78, 5) is 21.9. The molecule has 4 rings (SSSR count). The SMILES string of the molecule is CN1C(=O)CCc2cc(CNc3cccnc3-n3cncn3)ccc21. The maximum atomic E-state index is 11.8. The zero-order chi connectivity index (χ0) is 17.2. The van der Waals surface area contributed by atoms with Gasteiger partial charge in [0.1, 0.15) is 12.7 Å². The lowest BCUT2D eigenvalue weighted by Gasteiger charge is -2.26. The van der Waals surface area contributed by atoms with Gasteiger partial charge in [-0.15, -0.1) is 0 Å². The molecule has 1 aliphatic heterocycles. The van der Waals surface area contributed by atoms with Gasteiger partial charge in [0.2, 0.25) is 5.91 Å². The first-order valence-corrected chi connectivity index (χ1v) is 8.14. The number of rotatable bonds is 4. The minimum Gasteiger partial charge on any atom is -0.378 e. The van der Waals surface area contributed by atoms with Gasteiger partial charge in [-0.1, -0.05) is 12.1 Å². The van der Waals surface area contributed by atoms with Crippen LogP contribution < -0.4 is 10.2 Å². The van der Waals surface area contributed by atoms with E-state index in [9.17, 15) is 4.79 Å². The molecule has 3 heterocycles. The number of hydrogen-bond acceptors (Lipinski definition) is 5. The predicted octanol–water partition coefficient (Wildman–Crippen LogP) is 2.18. The van der Waals surface area contributed by atoms with Crippen LogP contribution in [0.1, 0.15) is 17.5 Å². The van der Waals surface area contributed by atoms with E-state index in [4.69, 9.17) is 0 Å². The van der Waals surface area contributed by atoms with E-state index >= 15 is 0 Å². The van der Waals surface area contributed by atoms with Crippen LogP contribution in [0.25, 0.3) is 5.82 Å². The Hall–Kier alpha value is -3.22. The van der Waals surface area contributed by atoms with Crippen molar-refractivity contribution in [3.63, 3.8) is 0 Å². The predicted molar refractivity (Wildman–Crippen MR) is 94.7 cm³/mol. The molecule has 1 aromatic carbocycles. The first-order chi connectivity index (χ1) is 12.2. The van der Waals surface area contributed by atoms with Gasteiger partial charge in [0.25, 0.3) is 0 Å². The summed E-state index contributed by atoms with van der Waals surface area (Å²) in [7, 11) is 1.83. The lowest BCUT2D eigenvalue weighted by Crippen LogP contribution is -2.31. The van der Waals surface area contributed by atoms with Crippen LogP contribution in [0, 0.1) is 0 Å². The number of pyridine rings is 1. The van der Waals surface area contributed by atoms with Crippen LogP contribution >= 0.6 is 0 Å². The Morgan fingerprint density at radius 1 is 1.24 bits per heavy atom. The largest absolute Gasteiger partial charge is 0.378 e. The smallest absolute Gasteiger partial charge is 0.227 e. The normalized spacial score (nSPS) is 13.6. The molecular formula is C18H18N6O. The van der Waals surface area contributed by atoms with E-state index in [0.29, 0.717) is 18.8 Å². The van der Waals surface area contributed by atoms with Crippen LogP contribution in [0.2, 0.25) is 0 Å². The minimum absolute atomic E-state index is 0.172. The van der Waals surface area contributed by atoms with Gasteiger partial charge in [-0.2, -0.15) is 5.10 Å². The summed E-state index contributed by atoms with van der Waals surface area (Å²) < 4.78 is 1.63. The summed E-state index contributed by atoms with van der Waals surface area (Å²) in [5, 5.41) is 7.55. The van der Waals surface area contributed by atoms with E-state index in [0.717, 1.165) is 23.4 Å². The number of aromatic nitrogens is 4. The molecule has 1 N–H and O–H groups in total. The van der Waals surface area contributed by atoms with Gasteiger partial charge in [-0.3, -0.25) is 4.79 Å². The molecule has 1 amide bonds. The minimum atomic E-state index is 0.172. The topological polar surface area (TPSA) is 75.9 Å². The summed E-state index contributed by atoms with van der Waals surface area (Å²) in [6.07, 6.45) is 6.20. The van der Waals surface area contributed by atoms with E-state index in [1.165, 1.54) is 11.9 Å². The van der Waals surface area contributed by atoms with E-state index in [1.54, 1.807) is 22.1 Å². The molecule has 0 radical (unpaired) electrons. The molecule has 0 atom stereocenters. The van der Waals surface area contributed by atoms with Crippen molar-refractivity contribution in [2.75, 3.05) is 17.3 Å². The van der Waals surface area contributed by atoms with Gasteiger partial charge in [0.15, 0.2) is 5.82 Å². The van der Waals surface area contributed by atoms with Gasteiger partial charge in [-0.25, -0.2) is 14.6 Å². The molecule has 126 valence electrons. The molecule has 0 aliphatic carbocycles. The highest BCUT2D eigenvalue weighted by molar-refractivity contribution is 5.95. The van der Waals surface area contributed by atoms with Crippen molar-refractivity contribution in [1.29, 1.82) is 0 Å². The molecular weight excluding hydrogens is 316 g/mol. The van der Waals surface area contributed by atoms with Crippen LogP contribution in [0.4, 0.5) is 11.4 Å². The van der Waals surface area contributed by atoms with Crippen molar-refractivity contribution >= 4 is 17.3 Å². The summed E-state index contributed by atoms with van der Waals surface area (Å²) in [6.45, 7) is 0.665. The Bertz CT molecular complexity index is 906. The van der Waals surface area contributed by atoms with Crippen LogP contribution in [-0.4, -0.2) is 32.7 Å². The molecule has 0 unspecified atom stereocenters. The highest BCUT2D eigenvalue weighted by atomic mass is 16.2. The van der Waals surface area contributed by atoms with Crippen molar-refractivity contribution in [3.05, 3.63) is 60.3 Å². The van der Waals surface area contributed by atoms with E-state index in [-0.39, 0.29) is 5.91 Å². The van der Waals surface area contributed by atoms with Crippen molar-refractivity contribution < 1.29 is 4.79 Å². The summed E-state index contributed by atoms with van der Waals surface area (Å²) in [5.74, 6) is 0.884. The maximum absolute atomic E-state index is 11.8. The first kappa shape index (κ1) is 15.3. The second-order valence-electron chi connectivity index (χ2n) is 5.98. The third-order valence-electron chi connectivity index (χ3n) is 4.39. The molecule has 2 aromatic heterocycles. The monoisotopic (exact) mass is 334 g/mol. The molecule has 0 bridgehead atoms. The number of amides is 1. The highest BCUT2D eigenvalue weighted by Gasteiger charge is 2.20. The zero-order valence-corrected chi connectivity index (χ0v) is 13.9. The fourth-order valence-corrected chi connectivity index (χ4v) is 3.05. The standard InChI is InChI=1S/C18H18N6O/c1-23-16-6-4-13(9-14(16)5-7-17(23)25)10-21-15-3-2-8-20-18(15)24-12-19-11-22-24/h2-4,6,8-9,11-12,21H,5,7,10H2,1H3. The van der Waals surface area contributed by atoms with Crippen LogP contribution in [0.15, 0.2) is 49.2 Å². The number of carbonyl (C=O) groups is 1. The van der Waals surface area contributed by atoms with Gasteiger partial charge in [0.05, 0.1) is 5.69 Å². The second-order valence-corrected chi connectivity index (χ2v) is 5.98. The van der Waals surface area contributed by atoms with Crippen LogP contribution in [-0.2, 0) is 17.8 Å². The third kappa shape index (κ3) is 2.96. The second kappa shape index (κ2) is 6.35. The number of nitrogens with zero attached hydrogens (tertiary/aromatic N) is 5. The van der Waals surface area contributed by atoms with E-state index in [2.05, 4.69) is 26.4 Å². The average Bonchev–Trinajstić information content (AvgIpc) is 3.18. The van der Waals surface area contributed by atoms with Crippen molar-refractivity contribution in [2.45, 2.75) is 19.4 Å². The van der Waals surface area contributed by atoms with Gasteiger partial charge in [-0.05, 0) is 35.7 Å². The van der Waals surface area contributed by atoms with Gasteiger partial charge in [0, 0.05) is 31.9 Å². The van der Waals surface area contributed by atoms with Gasteiger partial charge < -0.3 is 10.2 Å². The summed E-state index contributed by atoms with van der Waals surface area (Å²) in [6, 6.07) is 10.1. The Labute approximate surface area is 145 Å². The Morgan fingerprint density at radius 2 is 2.16 bits per heavy atom. The Kier molecular flexibility index (Phi) is 3.89. The van der Waals surface area contributed by atoms with E-state index < -0.39 is 0 Å². The lowest BCUT2D eigenvalue weighted by molar-refractivity contribution is -0.118. The lowest BCUT2D eigenvalue weighted by atomic mass is 9.99. The number of hydrogen-bond donors (Lipinski definition) is 1. The number of carbonyl (C=O) groups excluding carboxylic acids is 1. The molecule has 1 aliphatic rings. The number of anilines is 2. The molecule has 0 spiro atoms. The number of fused-ring (bicyclic) bond motifs is 1. The molecule has 7 nitrogen and oxygen atoms in total. The zero-order valence-electron chi connectivity index (χ0n) is 13.9. The number of aryl methyl sites for hydroxylation is 1. The van der Waals surface area contributed by atoms with Crippen molar-refractivity contribution in [1.82, 2.24) is 19.7 Å². The van der Waals surface area contributed by atoms with Crippen molar-refractivity contribution in [3.8, 4) is 5.82 Å². The molecule has 0 saturated heterocycles. The molecule has 7 heteroatoms.